The topological polar surface area (TPSA) is 150 Å². The van der Waals surface area contributed by atoms with Gasteiger partial charge in [0.25, 0.3) is 0 Å². The minimum Gasteiger partial charge on any atom is -0.499 e. The van der Waals surface area contributed by atoms with Crippen LogP contribution in [0.1, 0.15) is 67.1 Å². The molecule has 1 fully saturated rings. The molecule has 0 radical (unpaired) electrons. The average Bonchev–Trinajstić information content (AvgIpc) is 3.58. The molecule has 1 aliphatic heterocycles. The van der Waals surface area contributed by atoms with Gasteiger partial charge in [0.2, 0.25) is 5.91 Å². The first-order chi connectivity index (χ1) is 22.5. The van der Waals surface area contributed by atoms with E-state index in [2.05, 4.69) is 5.32 Å². The van der Waals surface area contributed by atoms with Crippen molar-refractivity contribution in [1.29, 1.82) is 0 Å². The molecule has 2 aromatic carbocycles. The van der Waals surface area contributed by atoms with E-state index in [1.165, 1.54) is 6.26 Å². The number of amides is 1. The van der Waals surface area contributed by atoms with Crippen molar-refractivity contribution in [3.8, 4) is 0 Å². The summed E-state index contributed by atoms with van der Waals surface area (Å²) in [6, 6.07) is 14.1. The number of carbonyl (C=O) groups is 3. The first kappa shape index (κ1) is 34.3. The van der Waals surface area contributed by atoms with E-state index in [1.807, 2.05) is 24.3 Å². The van der Waals surface area contributed by atoms with Gasteiger partial charge in [0.15, 0.2) is 5.79 Å². The van der Waals surface area contributed by atoms with E-state index in [-0.39, 0.29) is 39.1 Å². The van der Waals surface area contributed by atoms with Gasteiger partial charge in [0, 0.05) is 31.3 Å². The van der Waals surface area contributed by atoms with Crippen molar-refractivity contribution in [3.05, 3.63) is 88.7 Å². The Morgan fingerprint density at radius 1 is 1.04 bits per heavy atom. The molecule has 252 valence electrons. The fourth-order valence-corrected chi connectivity index (χ4v) is 6.02. The summed E-state index contributed by atoms with van der Waals surface area (Å²) in [7, 11) is 0. The third-order valence-electron chi connectivity index (χ3n) is 8.15. The van der Waals surface area contributed by atoms with Gasteiger partial charge in [-0.3, -0.25) is 9.59 Å². The summed E-state index contributed by atoms with van der Waals surface area (Å²) in [6.45, 7) is 5.05. The number of nitrogens with one attached hydrogen (secondary N) is 1. The molecule has 1 saturated heterocycles. The molecule has 1 heterocycles. The van der Waals surface area contributed by atoms with Crippen LogP contribution < -0.4 is 5.32 Å². The molecular weight excluding hydrogens is 606 g/mol. The second-order valence-corrected chi connectivity index (χ2v) is 13.0. The van der Waals surface area contributed by atoms with Crippen molar-refractivity contribution in [2.45, 2.75) is 88.6 Å². The standard InChI is InChI=1S/C36H43NO10/c1-35(2,3)46-31(40)13-12-28(22-39)37-33(41)27-18-29(44-34(42)24-10-8-23(9-11-24)14-16-43-17-15-38)32-30(19-27)45-36(47-32)20-25-6-4-5-7-26(25)21-36/h4-11,14,16,19,28-30,32,38-39H,12-13,15,17-18,20-22H2,1-3H3,(H,37,41). The minimum absolute atomic E-state index is 0.0249. The van der Waals surface area contributed by atoms with E-state index < -0.39 is 53.6 Å². The summed E-state index contributed by atoms with van der Waals surface area (Å²) in [5.74, 6) is -2.39. The predicted molar refractivity (Wildman–Crippen MR) is 171 cm³/mol. The largest absolute Gasteiger partial charge is 0.499 e. The lowest BCUT2D eigenvalue weighted by Crippen LogP contribution is -2.45. The molecule has 2 aromatic rings. The van der Waals surface area contributed by atoms with Crippen molar-refractivity contribution in [1.82, 2.24) is 5.32 Å². The Bertz CT molecular complexity index is 1470. The molecule has 1 amide bonds. The zero-order valence-corrected chi connectivity index (χ0v) is 27.0. The summed E-state index contributed by atoms with van der Waals surface area (Å²) in [5.41, 5.74) is 3.04. The first-order valence-corrected chi connectivity index (χ1v) is 15.9. The SMILES string of the molecule is CC(C)(C)OC(=O)CCC(CO)NC(=O)C1=CC2OC3(Cc4ccccc4C3)OC2C(OC(=O)c2ccc(C=COCCO)cc2)C1. The van der Waals surface area contributed by atoms with Crippen LogP contribution in [0.25, 0.3) is 6.08 Å². The molecule has 4 unspecified atom stereocenters. The van der Waals surface area contributed by atoms with E-state index in [0.29, 0.717) is 24.0 Å². The summed E-state index contributed by atoms with van der Waals surface area (Å²) in [4.78, 5) is 39.1. The number of aliphatic hydroxyl groups is 2. The lowest BCUT2D eigenvalue weighted by molar-refractivity contribution is -0.172. The number of hydrogen-bond donors (Lipinski definition) is 3. The Balaban J connectivity index is 1.30. The number of carbonyl (C=O) groups excluding carboxylic acids is 3. The lowest BCUT2D eigenvalue weighted by Gasteiger charge is -2.31. The molecule has 47 heavy (non-hydrogen) atoms. The van der Waals surface area contributed by atoms with Crippen molar-refractivity contribution >= 4 is 23.9 Å². The monoisotopic (exact) mass is 649 g/mol. The molecule has 0 bridgehead atoms. The molecular formula is C36H43NO10. The van der Waals surface area contributed by atoms with Gasteiger partial charge in [-0.1, -0.05) is 36.4 Å². The maximum atomic E-state index is 13.5. The molecule has 4 atom stereocenters. The van der Waals surface area contributed by atoms with Crippen molar-refractivity contribution < 1.29 is 48.3 Å². The number of esters is 2. The Kier molecular flexibility index (Phi) is 10.8. The van der Waals surface area contributed by atoms with Crippen LogP contribution in [0.5, 0.6) is 0 Å². The second kappa shape index (κ2) is 14.8. The molecule has 1 spiro atoms. The van der Waals surface area contributed by atoms with Crippen molar-refractivity contribution in [3.63, 3.8) is 0 Å². The molecule has 2 aliphatic carbocycles. The van der Waals surface area contributed by atoms with Crippen LogP contribution in [0, 0.1) is 0 Å². The maximum absolute atomic E-state index is 13.5. The van der Waals surface area contributed by atoms with Gasteiger partial charge in [-0.05, 0) is 68.2 Å². The number of fused-ring (bicyclic) bond motifs is 2. The van der Waals surface area contributed by atoms with E-state index in [4.69, 9.17) is 28.8 Å². The highest BCUT2D eigenvalue weighted by Crippen LogP contribution is 2.45. The number of rotatable bonds is 12. The van der Waals surface area contributed by atoms with Crippen LogP contribution >= 0.6 is 0 Å². The number of benzene rings is 2. The summed E-state index contributed by atoms with van der Waals surface area (Å²) in [5, 5.41) is 21.6. The third kappa shape index (κ3) is 8.86. The number of aliphatic hydroxyl groups excluding tert-OH is 2. The van der Waals surface area contributed by atoms with Crippen LogP contribution in [0.15, 0.2) is 66.4 Å². The van der Waals surface area contributed by atoms with Crippen LogP contribution in [-0.2, 0) is 46.1 Å². The second-order valence-electron chi connectivity index (χ2n) is 13.0. The van der Waals surface area contributed by atoms with Crippen LogP contribution in [-0.4, -0.2) is 83.6 Å². The summed E-state index contributed by atoms with van der Waals surface area (Å²) < 4.78 is 29.6. The van der Waals surface area contributed by atoms with Gasteiger partial charge in [0.05, 0.1) is 31.1 Å². The third-order valence-corrected chi connectivity index (χ3v) is 8.15. The van der Waals surface area contributed by atoms with Gasteiger partial charge < -0.3 is 39.2 Å². The van der Waals surface area contributed by atoms with Crippen LogP contribution in [0.3, 0.4) is 0 Å². The van der Waals surface area contributed by atoms with Gasteiger partial charge in [-0.2, -0.15) is 0 Å². The first-order valence-electron chi connectivity index (χ1n) is 15.9. The summed E-state index contributed by atoms with van der Waals surface area (Å²) in [6.07, 6.45) is 4.10. The van der Waals surface area contributed by atoms with Crippen LogP contribution in [0.2, 0.25) is 0 Å². The maximum Gasteiger partial charge on any atom is 0.338 e. The quantitative estimate of drug-likeness (QED) is 0.177. The Hall–Kier alpha value is -4.03. The molecule has 11 heteroatoms. The highest BCUT2D eigenvalue weighted by molar-refractivity contribution is 5.94. The van der Waals surface area contributed by atoms with Gasteiger partial charge in [-0.15, -0.1) is 0 Å². The molecule has 0 aromatic heterocycles. The van der Waals surface area contributed by atoms with E-state index in [1.54, 1.807) is 57.2 Å². The minimum atomic E-state index is -0.945. The average molecular weight is 650 g/mol. The van der Waals surface area contributed by atoms with Crippen LogP contribution in [0.4, 0.5) is 0 Å². The predicted octanol–water partition coefficient (Wildman–Crippen LogP) is 3.40. The highest BCUT2D eigenvalue weighted by Gasteiger charge is 2.55. The fraction of sp³-hybridized carbons (Fsp3) is 0.472. The van der Waals surface area contributed by atoms with Gasteiger partial charge >= 0.3 is 11.9 Å². The molecule has 11 nitrogen and oxygen atoms in total. The van der Waals surface area contributed by atoms with Gasteiger partial charge in [-0.25, -0.2) is 4.79 Å². The number of ether oxygens (including phenoxy) is 5. The Morgan fingerprint density at radius 2 is 1.74 bits per heavy atom. The van der Waals surface area contributed by atoms with Crippen molar-refractivity contribution in [2.75, 3.05) is 19.8 Å². The zero-order chi connectivity index (χ0) is 33.6. The lowest BCUT2D eigenvalue weighted by atomic mass is 9.91. The Labute approximate surface area is 274 Å². The van der Waals surface area contributed by atoms with E-state index >= 15 is 0 Å². The number of hydrogen-bond acceptors (Lipinski definition) is 10. The normalized spacial score (nSPS) is 21.9. The summed E-state index contributed by atoms with van der Waals surface area (Å²) >= 11 is 0. The molecule has 5 rings (SSSR count). The van der Waals surface area contributed by atoms with Gasteiger partial charge in [0.1, 0.15) is 30.5 Å². The smallest absolute Gasteiger partial charge is 0.338 e. The van der Waals surface area contributed by atoms with E-state index in [0.717, 1.165) is 16.7 Å². The molecule has 0 saturated carbocycles. The Morgan fingerprint density at radius 3 is 2.38 bits per heavy atom. The highest BCUT2D eigenvalue weighted by atomic mass is 16.8. The van der Waals surface area contributed by atoms with Crippen molar-refractivity contribution in [2.24, 2.45) is 0 Å². The molecule has 3 aliphatic rings. The molecule has 3 N–H and O–H groups in total. The zero-order valence-electron chi connectivity index (χ0n) is 27.0. The van der Waals surface area contributed by atoms with E-state index in [9.17, 15) is 19.5 Å². The fourth-order valence-electron chi connectivity index (χ4n) is 6.02.